The van der Waals surface area contributed by atoms with Gasteiger partial charge in [-0.3, -0.25) is 0 Å². The van der Waals surface area contributed by atoms with Crippen LogP contribution in [0.4, 0.5) is 15.0 Å². The van der Waals surface area contributed by atoms with Crippen LogP contribution in [0.15, 0.2) is 6.33 Å². The van der Waals surface area contributed by atoms with Gasteiger partial charge in [0.1, 0.15) is 12.1 Å². The van der Waals surface area contributed by atoms with Crippen LogP contribution in [0.1, 0.15) is 6.42 Å². The van der Waals surface area contributed by atoms with Crippen molar-refractivity contribution in [1.82, 2.24) is 24.8 Å². The summed E-state index contributed by atoms with van der Waals surface area (Å²) in [6.07, 6.45) is 5.68. The van der Waals surface area contributed by atoms with Gasteiger partial charge in [-0.25, -0.2) is 9.78 Å². The number of halogens is 1. The van der Waals surface area contributed by atoms with Crippen LogP contribution in [-0.4, -0.2) is 52.0 Å². The van der Waals surface area contributed by atoms with E-state index >= 15 is 0 Å². The molecule has 1 unspecified atom stereocenters. The number of nitrogens with zero attached hydrogens (tertiary/aromatic N) is 4. The predicted octanol–water partition coefficient (Wildman–Crippen LogP) is 0.312. The Bertz CT molecular complexity index is 787. The van der Waals surface area contributed by atoms with Crippen molar-refractivity contribution in [2.24, 2.45) is 0 Å². The van der Waals surface area contributed by atoms with E-state index in [0.29, 0.717) is 12.1 Å². The molecule has 0 aliphatic carbocycles. The fourth-order valence-electron chi connectivity index (χ4n) is 2.06. The summed E-state index contributed by atoms with van der Waals surface area (Å²) in [6.45, 7) is 0.152. The lowest BCUT2D eigenvalue weighted by atomic mass is 10.0. The Morgan fingerprint density at radius 3 is 2.96 bits per heavy atom. The van der Waals surface area contributed by atoms with Crippen LogP contribution in [0.5, 0.6) is 0 Å². The number of ether oxygens (including phenoxy) is 2. The number of hydrogen-bond donors (Lipinski definition) is 2. The van der Waals surface area contributed by atoms with Crippen LogP contribution in [0.25, 0.3) is 11.2 Å². The van der Waals surface area contributed by atoms with Crippen molar-refractivity contribution < 1.29 is 18.7 Å². The van der Waals surface area contributed by atoms with Gasteiger partial charge in [0.2, 0.25) is 0 Å². The van der Waals surface area contributed by atoms with Gasteiger partial charge in [0.15, 0.2) is 17.1 Å². The highest BCUT2D eigenvalue weighted by Crippen LogP contribution is 2.20. The number of nitrogen functional groups attached to an aromatic ring is 1. The van der Waals surface area contributed by atoms with E-state index < -0.39 is 17.8 Å². The predicted molar refractivity (Wildman–Crippen MR) is 83.3 cm³/mol. The van der Waals surface area contributed by atoms with Crippen LogP contribution in [-0.2, 0) is 16.0 Å². The van der Waals surface area contributed by atoms with Crippen LogP contribution in [0.2, 0.25) is 0 Å². The molecule has 9 nitrogen and oxygen atoms in total. The number of fused-ring (bicyclic) bond motifs is 1. The third-order valence-electron chi connectivity index (χ3n) is 3.51. The van der Waals surface area contributed by atoms with Gasteiger partial charge in [0, 0.05) is 27.1 Å². The normalized spacial score (nSPS) is 13.2. The number of nitrogens with one attached hydrogen (secondary N) is 1. The molecule has 1 atom stereocenters. The fourth-order valence-corrected chi connectivity index (χ4v) is 2.06. The van der Waals surface area contributed by atoms with Crippen molar-refractivity contribution in [3.63, 3.8) is 0 Å². The zero-order chi connectivity index (χ0) is 17.7. The van der Waals surface area contributed by atoms with Crippen molar-refractivity contribution in [3.05, 3.63) is 12.4 Å². The number of nitrogens with two attached hydrogens (primary N) is 1. The lowest BCUT2D eigenvalue weighted by molar-refractivity contribution is -0.0209. The van der Waals surface area contributed by atoms with Gasteiger partial charge in [0.25, 0.3) is 0 Å². The summed E-state index contributed by atoms with van der Waals surface area (Å²) in [5, 5.41) is 2.32. The highest BCUT2D eigenvalue weighted by molar-refractivity contribution is 5.81. The first-order valence-electron chi connectivity index (χ1n) is 6.96. The highest BCUT2D eigenvalue weighted by Gasteiger charge is 2.29. The largest absolute Gasteiger partial charge is 0.445 e. The topological polar surface area (TPSA) is 117 Å². The smallest absolute Gasteiger partial charge is 0.407 e. The summed E-state index contributed by atoms with van der Waals surface area (Å²) in [7, 11) is 2.85. The Morgan fingerprint density at radius 2 is 2.33 bits per heavy atom. The number of methoxy groups -OCH3 is 1. The van der Waals surface area contributed by atoms with E-state index in [1.165, 1.54) is 20.5 Å². The number of amides is 1. The monoisotopic (exact) mass is 336 g/mol. The van der Waals surface area contributed by atoms with E-state index in [4.69, 9.17) is 21.6 Å². The van der Waals surface area contributed by atoms with Gasteiger partial charge in [-0.05, 0) is 0 Å². The number of carbonyl (C=O) groups excluding carboxylic acids is 1. The lowest BCUT2D eigenvalue weighted by Crippen LogP contribution is -2.38. The fraction of sp³-hybridized carbons (Fsp3) is 0.429. The van der Waals surface area contributed by atoms with Gasteiger partial charge in [-0.2, -0.15) is 14.4 Å². The summed E-state index contributed by atoms with van der Waals surface area (Å²) in [5.41, 5.74) is 5.01. The Morgan fingerprint density at radius 1 is 1.58 bits per heavy atom. The zero-order valence-electron chi connectivity index (χ0n) is 13.2. The lowest BCUT2D eigenvalue weighted by Gasteiger charge is -2.26. The first-order valence-corrected chi connectivity index (χ1v) is 6.96. The Labute approximate surface area is 137 Å². The molecule has 0 spiro atoms. The number of rotatable bonds is 6. The molecule has 0 aromatic carbocycles. The molecular formula is C14H17FN6O3. The third kappa shape index (κ3) is 3.52. The number of aromatic nitrogens is 4. The van der Waals surface area contributed by atoms with E-state index in [-0.39, 0.29) is 24.5 Å². The molecule has 0 saturated heterocycles. The van der Waals surface area contributed by atoms with Gasteiger partial charge >= 0.3 is 12.2 Å². The molecule has 10 heteroatoms. The summed E-state index contributed by atoms with van der Waals surface area (Å²) in [5.74, 6) is 2.44. The second kappa shape index (κ2) is 7.10. The average Bonchev–Trinajstić information content (AvgIpc) is 2.98. The van der Waals surface area contributed by atoms with E-state index in [1.807, 2.05) is 0 Å². The number of anilines is 1. The maximum atomic E-state index is 13.3. The average molecular weight is 336 g/mol. The minimum Gasteiger partial charge on any atom is -0.445 e. The summed E-state index contributed by atoms with van der Waals surface area (Å²) >= 11 is 0. The maximum Gasteiger partial charge on any atom is 0.407 e. The standard InChI is InChI=1S/C14H17FN6O3/c1-4-14(23-3,7-24-13(22)17-2)5-6-21-8-18-9-10(16)19-12(15)20-11(9)21/h1,8H,5-7H2,2-3H3,(H,17,22)(H2,16,19,20). The number of aryl methyl sites for hydroxylation is 1. The number of terminal acetylenes is 1. The molecule has 0 aliphatic rings. The minimum atomic E-state index is -1.14. The van der Waals surface area contributed by atoms with Crippen molar-refractivity contribution in [1.29, 1.82) is 0 Å². The zero-order valence-corrected chi connectivity index (χ0v) is 13.2. The van der Waals surface area contributed by atoms with E-state index in [0.717, 1.165) is 0 Å². The molecule has 0 radical (unpaired) electrons. The molecule has 2 aromatic heterocycles. The Balaban J connectivity index is 2.18. The Kier molecular flexibility index (Phi) is 5.15. The highest BCUT2D eigenvalue weighted by atomic mass is 19.1. The second-order valence-electron chi connectivity index (χ2n) is 4.91. The van der Waals surface area contributed by atoms with Gasteiger partial charge in [-0.15, -0.1) is 6.42 Å². The minimum absolute atomic E-state index is 0.0471. The van der Waals surface area contributed by atoms with Gasteiger partial charge < -0.3 is 25.1 Å². The number of alkyl carbamates (subject to hydrolysis) is 1. The molecule has 0 fully saturated rings. The van der Waals surface area contributed by atoms with E-state index in [2.05, 4.69) is 26.2 Å². The summed E-state index contributed by atoms with van der Waals surface area (Å²) in [6, 6.07) is 0. The molecule has 24 heavy (non-hydrogen) atoms. The van der Waals surface area contributed by atoms with E-state index in [1.54, 1.807) is 4.57 Å². The molecule has 2 rings (SSSR count). The van der Waals surface area contributed by atoms with Crippen LogP contribution >= 0.6 is 0 Å². The molecule has 0 aliphatic heterocycles. The van der Waals surface area contributed by atoms with E-state index in [9.17, 15) is 9.18 Å². The Hall–Kier alpha value is -2.93. The molecular weight excluding hydrogens is 319 g/mol. The van der Waals surface area contributed by atoms with Crippen LogP contribution < -0.4 is 11.1 Å². The van der Waals surface area contributed by atoms with Crippen molar-refractivity contribution in [3.8, 4) is 12.3 Å². The van der Waals surface area contributed by atoms with Crippen molar-refractivity contribution >= 4 is 23.1 Å². The number of imidazole rings is 1. The van der Waals surface area contributed by atoms with Crippen LogP contribution in [0, 0.1) is 18.4 Å². The second-order valence-corrected chi connectivity index (χ2v) is 4.91. The van der Waals surface area contributed by atoms with Gasteiger partial charge in [-0.1, -0.05) is 5.92 Å². The first-order chi connectivity index (χ1) is 11.4. The third-order valence-corrected chi connectivity index (χ3v) is 3.51. The first kappa shape index (κ1) is 17.4. The molecule has 2 heterocycles. The number of hydrogen-bond acceptors (Lipinski definition) is 7. The van der Waals surface area contributed by atoms with Crippen molar-refractivity contribution in [2.75, 3.05) is 26.5 Å². The SMILES string of the molecule is C#CC(CCn1cnc2c(N)nc(F)nc21)(COC(=O)NC)OC. The molecule has 0 bridgehead atoms. The van der Waals surface area contributed by atoms with Crippen LogP contribution in [0.3, 0.4) is 0 Å². The maximum absolute atomic E-state index is 13.3. The molecule has 128 valence electrons. The summed E-state index contributed by atoms with van der Waals surface area (Å²) in [4.78, 5) is 22.4. The van der Waals surface area contributed by atoms with Gasteiger partial charge in [0.05, 0.1) is 6.33 Å². The molecule has 0 saturated carbocycles. The van der Waals surface area contributed by atoms with Crippen molar-refractivity contribution in [2.45, 2.75) is 18.6 Å². The summed E-state index contributed by atoms with van der Waals surface area (Å²) < 4.78 is 25.2. The molecule has 2 aromatic rings. The molecule has 3 N–H and O–H groups in total. The quantitative estimate of drug-likeness (QED) is 0.576. The molecule has 1 amide bonds. The number of carbonyl (C=O) groups is 1.